The lowest BCUT2D eigenvalue weighted by Gasteiger charge is -2.25. The van der Waals surface area contributed by atoms with Gasteiger partial charge in [-0.05, 0) is 24.3 Å². The normalized spacial score (nSPS) is 11.2. The van der Waals surface area contributed by atoms with Crippen LogP contribution < -0.4 is 9.04 Å². The van der Waals surface area contributed by atoms with Crippen molar-refractivity contribution in [2.24, 2.45) is 0 Å². The summed E-state index contributed by atoms with van der Waals surface area (Å²) in [7, 11) is -2.55. The van der Waals surface area contributed by atoms with Gasteiger partial charge in [0, 0.05) is 16.7 Å². The van der Waals surface area contributed by atoms with Gasteiger partial charge in [-0.25, -0.2) is 12.8 Å². The van der Waals surface area contributed by atoms with Crippen molar-refractivity contribution in [1.29, 1.82) is 0 Å². The monoisotopic (exact) mass is 406 g/mol. The van der Waals surface area contributed by atoms with Crippen LogP contribution in [0, 0.1) is 5.82 Å². The second-order valence-corrected chi connectivity index (χ2v) is 7.88. The van der Waals surface area contributed by atoms with Gasteiger partial charge < -0.3 is 4.74 Å². The van der Waals surface area contributed by atoms with Crippen LogP contribution >= 0.6 is 11.6 Å². The molecule has 0 atom stereocenters. The Hall–Kier alpha value is -2.64. The van der Waals surface area contributed by atoms with Crippen LogP contribution in [0.2, 0.25) is 5.02 Å². The van der Waals surface area contributed by atoms with Gasteiger partial charge in [0.1, 0.15) is 11.6 Å². The molecule has 0 radical (unpaired) electrons. The van der Waals surface area contributed by atoms with Crippen molar-refractivity contribution < 1.29 is 17.5 Å². The molecule has 8 heteroatoms. The minimum Gasteiger partial charge on any atom is -0.495 e. The molecule has 140 valence electrons. The third kappa shape index (κ3) is 4.04. The van der Waals surface area contributed by atoms with E-state index in [-0.39, 0.29) is 27.7 Å². The summed E-state index contributed by atoms with van der Waals surface area (Å²) in [6.45, 7) is -0.294. The van der Waals surface area contributed by atoms with Crippen LogP contribution in [0.25, 0.3) is 0 Å². The first-order valence-corrected chi connectivity index (χ1v) is 9.75. The SMILES string of the molecule is COc1cncc(N(Cc2c(F)cccc2Cl)S(=O)(=O)c2ccccc2)c1. The molecule has 3 rings (SSSR count). The van der Waals surface area contributed by atoms with E-state index in [1.54, 1.807) is 18.2 Å². The molecule has 1 heterocycles. The smallest absolute Gasteiger partial charge is 0.264 e. The van der Waals surface area contributed by atoms with Gasteiger partial charge in [-0.2, -0.15) is 0 Å². The van der Waals surface area contributed by atoms with Gasteiger partial charge in [0.2, 0.25) is 0 Å². The highest BCUT2D eigenvalue weighted by Gasteiger charge is 2.27. The molecule has 0 aliphatic carbocycles. The lowest BCUT2D eigenvalue weighted by atomic mass is 10.2. The van der Waals surface area contributed by atoms with E-state index in [2.05, 4.69) is 4.98 Å². The van der Waals surface area contributed by atoms with E-state index in [9.17, 15) is 12.8 Å². The molecule has 5 nitrogen and oxygen atoms in total. The molecule has 0 fully saturated rings. The Morgan fingerprint density at radius 1 is 1.11 bits per heavy atom. The number of benzene rings is 2. The van der Waals surface area contributed by atoms with Crippen molar-refractivity contribution in [3.63, 3.8) is 0 Å². The van der Waals surface area contributed by atoms with Crippen LogP contribution in [-0.4, -0.2) is 20.5 Å². The number of hydrogen-bond donors (Lipinski definition) is 0. The highest BCUT2D eigenvalue weighted by Crippen LogP contribution is 2.30. The Morgan fingerprint density at radius 2 is 1.85 bits per heavy atom. The molecule has 0 N–H and O–H groups in total. The zero-order valence-corrected chi connectivity index (χ0v) is 15.9. The molecule has 0 saturated carbocycles. The molecule has 27 heavy (non-hydrogen) atoms. The lowest BCUT2D eigenvalue weighted by molar-refractivity contribution is 0.413. The number of aromatic nitrogens is 1. The maximum Gasteiger partial charge on any atom is 0.264 e. The first-order valence-electron chi connectivity index (χ1n) is 7.93. The van der Waals surface area contributed by atoms with Crippen molar-refractivity contribution >= 4 is 27.3 Å². The van der Waals surface area contributed by atoms with E-state index >= 15 is 0 Å². The van der Waals surface area contributed by atoms with Gasteiger partial charge in [0.25, 0.3) is 10.0 Å². The standard InChI is InChI=1S/C19H16ClFN2O3S/c1-26-15-10-14(11-22-12-15)23(13-17-18(20)8-5-9-19(17)21)27(24,25)16-6-3-2-4-7-16/h2-12H,13H2,1H3. The molecule has 0 bridgehead atoms. The van der Waals surface area contributed by atoms with E-state index in [1.807, 2.05) is 0 Å². The number of hydrogen-bond acceptors (Lipinski definition) is 4. The summed E-state index contributed by atoms with van der Waals surface area (Å²) in [6, 6.07) is 13.6. The summed E-state index contributed by atoms with van der Waals surface area (Å²) < 4.78 is 47.0. The molecule has 0 aliphatic rings. The molecule has 0 unspecified atom stereocenters. The Bertz CT molecular complexity index is 1030. The topological polar surface area (TPSA) is 59.5 Å². The molecular weight excluding hydrogens is 391 g/mol. The number of nitrogens with zero attached hydrogens (tertiary/aromatic N) is 2. The number of halogens is 2. The molecule has 0 aliphatic heterocycles. The fourth-order valence-corrected chi connectivity index (χ4v) is 4.17. The molecule has 0 amide bonds. The van der Waals surface area contributed by atoms with Gasteiger partial charge in [-0.1, -0.05) is 35.9 Å². The number of anilines is 1. The Morgan fingerprint density at radius 3 is 2.52 bits per heavy atom. The molecule has 1 aromatic heterocycles. The van der Waals surface area contributed by atoms with Crippen molar-refractivity contribution in [3.8, 4) is 5.75 Å². The average Bonchev–Trinajstić information content (AvgIpc) is 2.68. The Kier molecular flexibility index (Phi) is 5.62. The molecule has 0 spiro atoms. The van der Waals surface area contributed by atoms with Crippen LogP contribution in [0.3, 0.4) is 0 Å². The highest BCUT2D eigenvalue weighted by molar-refractivity contribution is 7.92. The number of methoxy groups -OCH3 is 1. The summed E-state index contributed by atoms with van der Waals surface area (Å²) >= 11 is 6.11. The fraction of sp³-hybridized carbons (Fsp3) is 0.105. The summed E-state index contributed by atoms with van der Waals surface area (Å²) in [5.41, 5.74) is 0.305. The van der Waals surface area contributed by atoms with Crippen molar-refractivity contribution in [2.75, 3.05) is 11.4 Å². The number of rotatable bonds is 6. The van der Waals surface area contributed by atoms with E-state index in [4.69, 9.17) is 16.3 Å². The van der Waals surface area contributed by atoms with Crippen LogP contribution in [-0.2, 0) is 16.6 Å². The number of sulfonamides is 1. The van der Waals surface area contributed by atoms with Crippen LogP contribution in [0.5, 0.6) is 5.75 Å². The van der Waals surface area contributed by atoms with Crippen molar-refractivity contribution in [2.45, 2.75) is 11.4 Å². The molecule has 2 aromatic carbocycles. The Balaban J connectivity index is 2.15. The first kappa shape index (κ1) is 19.1. The zero-order chi connectivity index (χ0) is 19.4. The molecule has 0 saturated heterocycles. The highest BCUT2D eigenvalue weighted by atomic mass is 35.5. The van der Waals surface area contributed by atoms with Gasteiger partial charge in [-0.3, -0.25) is 9.29 Å². The summed E-state index contributed by atoms with van der Waals surface area (Å²) in [5.74, 6) is -0.216. The molecular formula is C19H16ClFN2O3S. The predicted octanol–water partition coefficient (Wildman–Crippen LogP) is 4.28. The maximum atomic E-state index is 14.3. The number of pyridine rings is 1. The maximum absolute atomic E-state index is 14.3. The van der Waals surface area contributed by atoms with E-state index in [0.29, 0.717) is 5.75 Å². The minimum absolute atomic E-state index is 0.0697. The summed E-state index contributed by atoms with van der Waals surface area (Å²) in [6.07, 6.45) is 2.82. The third-order valence-electron chi connectivity index (χ3n) is 3.92. The number of ether oxygens (including phenoxy) is 1. The van der Waals surface area contributed by atoms with E-state index < -0.39 is 15.8 Å². The van der Waals surface area contributed by atoms with Crippen molar-refractivity contribution in [3.05, 3.63) is 83.4 Å². The van der Waals surface area contributed by atoms with Crippen LogP contribution in [0.1, 0.15) is 5.56 Å². The summed E-state index contributed by atoms with van der Waals surface area (Å²) in [5, 5.41) is 0.138. The van der Waals surface area contributed by atoms with Crippen molar-refractivity contribution in [1.82, 2.24) is 4.98 Å². The second kappa shape index (κ2) is 7.94. The minimum atomic E-state index is -4.00. The molecule has 3 aromatic rings. The van der Waals surface area contributed by atoms with Gasteiger partial charge in [0.05, 0.1) is 36.6 Å². The second-order valence-electron chi connectivity index (χ2n) is 5.61. The van der Waals surface area contributed by atoms with Gasteiger partial charge in [-0.15, -0.1) is 0 Å². The zero-order valence-electron chi connectivity index (χ0n) is 14.3. The van der Waals surface area contributed by atoms with Crippen LogP contribution in [0.15, 0.2) is 71.9 Å². The fourth-order valence-electron chi connectivity index (χ4n) is 2.52. The van der Waals surface area contributed by atoms with E-state index in [1.165, 1.54) is 55.9 Å². The Labute approximate surface area is 162 Å². The van der Waals surface area contributed by atoms with Crippen LogP contribution in [0.4, 0.5) is 10.1 Å². The first-order chi connectivity index (χ1) is 12.9. The third-order valence-corrected chi connectivity index (χ3v) is 6.06. The quantitative estimate of drug-likeness (QED) is 0.613. The average molecular weight is 407 g/mol. The predicted molar refractivity (Wildman–Crippen MR) is 102 cm³/mol. The largest absolute Gasteiger partial charge is 0.495 e. The van der Waals surface area contributed by atoms with E-state index in [0.717, 1.165) is 4.31 Å². The summed E-state index contributed by atoms with van der Waals surface area (Å²) in [4.78, 5) is 4.08. The lowest BCUT2D eigenvalue weighted by Crippen LogP contribution is -2.31. The van der Waals surface area contributed by atoms with Gasteiger partial charge in [0.15, 0.2) is 0 Å². The van der Waals surface area contributed by atoms with Gasteiger partial charge >= 0.3 is 0 Å².